The molecule has 9 heteroatoms. The van der Waals surface area contributed by atoms with Crippen LogP contribution < -0.4 is 33.8 Å². The highest BCUT2D eigenvalue weighted by Crippen LogP contribution is 2.48. The molecule has 0 atom stereocenters. The van der Waals surface area contributed by atoms with E-state index in [1.165, 1.54) is 6.92 Å². The first-order valence-electron chi connectivity index (χ1n) is 11.1. The zero-order chi connectivity index (χ0) is 25.5. The van der Waals surface area contributed by atoms with Crippen molar-refractivity contribution in [3.8, 4) is 34.5 Å². The second kappa shape index (κ2) is 11.5. The number of ether oxygens (including phenoxy) is 6. The van der Waals surface area contributed by atoms with Gasteiger partial charge in [-0.3, -0.25) is 4.79 Å². The van der Waals surface area contributed by atoms with Crippen molar-refractivity contribution in [2.24, 2.45) is 5.10 Å². The standard InChI is InChI=1S/C26H32N2O7/c1-15(29)27-28-22(19-12-14-21(31-3)26(35-7)24(19)33-5)17-10-8-9-16(17)18-11-13-20(30-2)25(34-6)23(18)32-4/h11-14H,8-10H2,1-7H3,(H,27,29)/b28-22-. The van der Waals surface area contributed by atoms with E-state index < -0.39 is 0 Å². The lowest BCUT2D eigenvalue weighted by Gasteiger charge is -2.20. The predicted molar refractivity (Wildman–Crippen MR) is 133 cm³/mol. The normalized spacial score (nSPS) is 13.4. The van der Waals surface area contributed by atoms with Gasteiger partial charge in [-0.15, -0.1) is 0 Å². The molecule has 0 bridgehead atoms. The highest BCUT2D eigenvalue weighted by Gasteiger charge is 2.29. The van der Waals surface area contributed by atoms with Crippen LogP contribution in [0.3, 0.4) is 0 Å². The number of hydrogen-bond donors (Lipinski definition) is 1. The molecule has 3 rings (SSSR count). The third kappa shape index (κ3) is 4.99. The molecule has 9 nitrogen and oxygen atoms in total. The summed E-state index contributed by atoms with van der Waals surface area (Å²) in [6.45, 7) is 1.41. The van der Waals surface area contributed by atoms with E-state index in [1.54, 1.807) is 48.7 Å². The first kappa shape index (κ1) is 25.7. The van der Waals surface area contributed by atoms with E-state index in [2.05, 4.69) is 10.5 Å². The first-order chi connectivity index (χ1) is 16.9. The van der Waals surface area contributed by atoms with Crippen LogP contribution in [0.25, 0.3) is 5.57 Å². The second-order valence-corrected chi connectivity index (χ2v) is 7.70. The summed E-state index contributed by atoms with van der Waals surface area (Å²) in [5, 5.41) is 4.51. The molecule has 1 amide bonds. The molecule has 0 spiro atoms. The van der Waals surface area contributed by atoms with Crippen LogP contribution in [0, 0.1) is 0 Å². The largest absolute Gasteiger partial charge is 0.493 e. The third-order valence-electron chi connectivity index (χ3n) is 5.82. The number of nitrogens with one attached hydrogen (secondary N) is 1. The van der Waals surface area contributed by atoms with Crippen LogP contribution in [0.5, 0.6) is 34.5 Å². The van der Waals surface area contributed by atoms with Gasteiger partial charge >= 0.3 is 0 Å². The van der Waals surface area contributed by atoms with Crippen LogP contribution >= 0.6 is 0 Å². The van der Waals surface area contributed by atoms with Crippen molar-refractivity contribution in [2.45, 2.75) is 26.2 Å². The molecule has 1 aliphatic rings. The predicted octanol–water partition coefficient (Wildman–Crippen LogP) is 4.22. The average Bonchev–Trinajstić information content (AvgIpc) is 3.36. The molecule has 0 radical (unpaired) electrons. The van der Waals surface area contributed by atoms with Gasteiger partial charge in [0.05, 0.1) is 48.4 Å². The van der Waals surface area contributed by atoms with Crippen molar-refractivity contribution in [3.05, 3.63) is 41.0 Å². The van der Waals surface area contributed by atoms with Gasteiger partial charge in [0, 0.05) is 18.1 Å². The minimum Gasteiger partial charge on any atom is -0.493 e. The Kier molecular flexibility index (Phi) is 8.46. The first-order valence-corrected chi connectivity index (χ1v) is 11.1. The van der Waals surface area contributed by atoms with Crippen molar-refractivity contribution in [3.63, 3.8) is 0 Å². The maximum Gasteiger partial charge on any atom is 0.236 e. The summed E-state index contributed by atoms with van der Waals surface area (Å²) >= 11 is 0. The SMILES string of the molecule is COc1ccc(C2=C(/C(=N/NC(C)=O)c3ccc(OC)c(OC)c3OC)CCC2)c(OC)c1OC. The molecule has 1 aliphatic carbocycles. The quantitative estimate of drug-likeness (QED) is 0.398. The van der Waals surface area contributed by atoms with Crippen LogP contribution in [-0.4, -0.2) is 54.3 Å². The van der Waals surface area contributed by atoms with Crippen LogP contribution in [-0.2, 0) is 4.79 Å². The molecule has 1 N–H and O–H groups in total. The fraction of sp³-hybridized carbons (Fsp3) is 0.385. The Morgan fingerprint density at radius 1 is 0.743 bits per heavy atom. The summed E-state index contributed by atoms with van der Waals surface area (Å²) in [5.41, 5.74) is 6.68. The van der Waals surface area contributed by atoms with Gasteiger partial charge in [-0.2, -0.15) is 5.10 Å². The molecule has 2 aromatic carbocycles. The summed E-state index contributed by atoms with van der Waals surface area (Å²) in [7, 11) is 9.41. The van der Waals surface area contributed by atoms with Crippen LogP contribution in [0.15, 0.2) is 34.9 Å². The Labute approximate surface area is 205 Å². The number of methoxy groups -OCH3 is 6. The van der Waals surface area contributed by atoms with Crippen molar-refractivity contribution >= 4 is 17.2 Å². The number of hydrazone groups is 1. The van der Waals surface area contributed by atoms with E-state index in [-0.39, 0.29) is 5.91 Å². The molecule has 0 aromatic heterocycles. The Morgan fingerprint density at radius 3 is 1.86 bits per heavy atom. The summed E-state index contributed by atoms with van der Waals surface area (Å²) in [6.07, 6.45) is 2.43. The smallest absolute Gasteiger partial charge is 0.236 e. The molecule has 35 heavy (non-hydrogen) atoms. The number of rotatable bonds is 10. The highest BCUT2D eigenvalue weighted by molar-refractivity contribution is 6.19. The molecule has 0 saturated heterocycles. The lowest BCUT2D eigenvalue weighted by molar-refractivity contribution is -0.118. The topological polar surface area (TPSA) is 96.8 Å². The minimum atomic E-state index is -0.286. The van der Waals surface area contributed by atoms with Gasteiger partial charge in [0.1, 0.15) is 0 Å². The number of hydrogen-bond acceptors (Lipinski definition) is 8. The number of allylic oxidation sites excluding steroid dienone is 2. The van der Waals surface area contributed by atoms with Crippen LogP contribution in [0.4, 0.5) is 0 Å². The van der Waals surface area contributed by atoms with Crippen molar-refractivity contribution in [1.29, 1.82) is 0 Å². The number of amides is 1. The Balaban J connectivity index is 2.31. The maximum absolute atomic E-state index is 11.8. The molecular weight excluding hydrogens is 452 g/mol. The number of carbonyl (C=O) groups excluding carboxylic acids is 1. The van der Waals surface area contributed by atoms with Gasteiger partial charge in [-0.1, -0.05) is 0 Å². The molecule has 0 unspecified atom stereocenters. The summed E-state index contributed by atoms with van der Waals surface area (Å²) in [5.74, 6) is 2.78. The van der Waals surface area contributed by atoms with Crippen LogP contribution in [0.2, 0.25) is 0 Å². The van der Waals surface area contributed by atoms with Gasteiger partial charge in [0.2, 0.25) is 17.4 Å². The van der Waals surface area contributed by atoms with Gasteiger partial charge in [-0.25, -0.2) is 5.43 Å². The Hall–Kier alpha value is -3.88. The molecular formula is C26H32N2O7. The molecule has 0 heterocycles. The maximum atomic E-state index is 11.8. The average molecular weight is 485 g/mol. The van der Waals surface area contributed by atoms with Crippen molar-refractivity contribution in [1.82, 2.24) is 5.43 Å². The summed E-state index contributed by atoms with van der Waals surface area (Å²) in [4.78, 5) is 11.8. The van der Waals surface area contributed by atoms with Gasteiger partial charge in [0.15, 0.2) is 23.0 Å². The minimum absolute atomic E-state index is 0.286. The van der Waals surface area contributed by atoms with Gasteiger partial charge in [0.25, 0.3) is 0 Å². The number of carbonyl (C=O) groups is 1. The summed E-state index contributed by atoms with van der Waals surface area (Å²) in [6, 6.07) is 7.42. The molecule has 2 aromatic rings. The van der Waals surface area contributed by atoms with E-state index in [0.29, 0.717) is 45.8 Å². The molecule has 0 fully saturated rings. The van der Waals surface area contributed by atoms with E-state index in [1.807, 2.05) is 18.2 Å². The zero-order valence-corrected chi connectivity index (χ0v) is 21.2. The summed E-state index contributed by atoms with van der Waals surface area (Å²) < 4.78 is 33.5. The monoisotopic (exact) mass is 484 g/mol. The fourth-order valence-corrected chi connectivity index (χ4v) is 4.35. The third-order valence-corrected chi connectivity index (χ3v) is 5.82. The van der Waals surface area contributed by atoms with Gasteiger partial charge in [-0.05, 0) is 54.7 Å². The fourth-order valence-electron chi connectivity index (χ4n) is 4.35. The molecule has 0 saturated carbocycles. The highest BCUT2D eigenvalue weighted by atomic mass is 16.5. The number of nitrogens with zero attached hydrogens (tertiary/aromatic N) is 1. The second-order valence-electron chi connectivity index (χ2n) is 7.70. The zero-order valence-electron chi connectivity index (χ0n) is 21.2. The Bertz CT molecular complexity index is 1150. The van der Waals surface area contributed by atoms with E-state index in [4.69, 9.17) is 28.4 Å². The van der Waals surface area contributed by atoms with Crippen molar-refractivity contribution in [2.75, 3.05) is 42.7 Å². The van der Waals surface area contributed by atoms with Crippen molar-refractivity contribution < 1.29 is 33.2 Å². The lowest BCUT2D eigenvalue weighted by Crippen LogP contribution is -2.18. The Morgan fingerprint density at radius 2 is 1.31 bits per heavy atom. The molecule has 188 valence electrons. The van der Waals surface area contributed by atoms with Gasteiger partial charge < -0.3 is 28.4 Å². The van der Waals surface area contributed by atoms with Crippen LogP contribution in [0.1, 0.15) is 37.3 Å². The number of benzene rings is 2. The van der Waals surface area contributed by atoms with E-state index >= 15 is 0 Å². The molecule has 0 aliphatic heterocycles. The van der Waals surface area contributed by atoms with E-state index in [0.717, 1.165) is 36.0 Å². The van der Waals surface area contributed by atoms with E-state index in [9.17, 15) is 4.79 Å². The lowest BCUT2D eigenvalue weighted by atomic mass is 9.93.